The van der Waals surface area contributed by atoms with Gasteiger partial charge in [0.05, 0.1) is 24.1 Å². The Labute approximate surface area is 175 Å². The highest BCUT2D eigenvalue weighted by molar-refractivity contribution is 5.88. The Morgan fingerprint density at radius 2 is 1.73 bits per heavy atom. The summed E-state index contributed by atoms with van der Waals surface area (Å²) >= 11 is 0. The van der Waals surface area contributed by atoms with Crippen molar-refractivity contribution in [3.8, 4) is 11.5 Å². The van der Waals surface area contributed by atoms with Gasteiger partial charge < -0.3 is 14.6 Å². The van der Waals surface area contributed by atoms with E-state index in [9.17, 15) is 4.79 Å². The number of aryl methyl sites for hydroxylation is 1. The minimum atomic E-state index is -0.960. The molecule has 3 aromatic rings. The fraction of sp³-hybridized carbons (Fsp3) is 0.167. The summed E-state index contributed by atoms with van der Waals surface area (Å²) in [4.78, 5) is 10.9. The molecule has 0 saturated carbocycles. The number of carboxylic acids is 1. The molecular weight excluding hydrogens is 380 g/mol. The Kier molecular flexibility index (Phi) is 7.05. The fourth-order valence-corrected chi connectivity index (χ4v) is 2.71. The topological polar surface area (TPSA) is 80.2 Å². The van der Waals surface area contributed by atoms with Gasteiger partial charge in [0, 0.05) is 0 Å². The maximum atomic E-state index is 10.9. The summed E-state index contributed by atoms with van der Waals surface area (Å²) in [5, 5.41) is 13.1. The molecule has 0 aliphatic carbocycles. The molecule has 6 nitrogen and oxygen atoms in total. The zero-order valence-corrected chi connectivity index (χ0v) is 17.0. The molecule has 0 radical (unpaired) electrons. The molecule has 0 amide bonds. The molecule has 0 atom stereocenters. The van der Waals surface area contributed by atoms with Crippen molar-refractivity contribution in [3.63, 3.8) is 0 Å². The minimum absolute atomic E-state index is 0.229. The third-order valence-corrected chi connectivity index (χ3v) is 4.32. The molecule has 6 heteroatoms. The number of nitrogens with zero attached hydrogens (tertiary/aromatic N) is 1. The average Bonchev–Trinajstić information content (AvgIpc) is 2.75. The van der Waals surface area contributed by atoms with Crippen molar-refractivity contribution in [2.75, 3.05) is 12.0 Å². The first-order valence-corrected chi connectivity index (χ1v) is 9.63. The maximum absolute atomic E-state index is 10.9. The lowest BCUT2D eigenvalue weighted by Crippen LogP contribution is -2.01. The number of carboxylic acid groups (broad SMARTS) is 1. The van der Waals surface area contributed by atoms with E-state index >= 15 is 0 Å². The first-order valence-electron chi connectivity index (χ1n) is 9.63. The first-order chi connectivity index (χ1) is 14.5. The monoisotopic (exact) mass is 404 g/mol. The molecule has 0 aliphatic heterocycles. The van der Waals surface area contributed by atoms with Crippen LogP contribution in [0.25, 0.3) is 0 Å². The van der Waals surface area contributed by atoms with Crippen LogP contribution in [-0.4, -0.2) is 23.9 Å². The zero-order valence-electron chi connectivity index (χ0n) is 17.0. The van der Waals surface area contributed by atoms with Crippen molar-refractivity contribution < 1.29 is 19.4 Å². The highest BCUT2D eigenvalue weighted by Gasteiger charge is 2.07. The van der Waals surface area contributed by atoms with Crippen molar-refractivity contribution in [3.05, 3.63) is 89.0 Å². The number of nitrogens with one attached hydrogen (secondary N) is 1. The van der Waals surface area contributed by atoms with E-state index in [1.807, 2.05) is 37.3 Å². The molecule has 0 spiro atoms. The average molecular weight is 404 g/mol. The van der Waals surface area contributed by atoms with Gasteiger partial charge in [-0.3, -0.25) is 5.43 Å². The molecule has 30 heavy (non-hydrogen) atoms. The maximum Gasteiger partial charge on any atom is 0.335 e. The smallest absolute Gasteiger partial charge is 0.335 e. The van der Waals surface area contributed by atoms with Crippen LogP contribution in [0.5, 0.6) is 11.5 Å². The van der Waals surface area contributed by atoms with Gasteiger partial charge in [0.25, 0.3) is 0 Å². The van der Waals surface area contributed by atoms with Gasteiger partial charge in [-0.15, -0.1) is 0 Å². The van der Waals surface area contributed by atoms with Gasteiger partial charge in [-0.05, 0) is 67.4 Å². The Balaban J connectivity index is 1.65. The van der Waals surface area contributed by atoms with Crippen LogP contribution in [0.1, 0.15) is 34.0 Å². The molecule has 0 heterocycles. The summed E-state index contributed by atoms with van der Waals surface area (Å²) in [5.41, 5.74) is 6.95. The lowest BCUT2D eigenvalue weighted by Gasteiger charge is -2.13. The van der Waals surface area contributed by atoms with E-state index in [0.29, 0.717) is 30.4 Å². The lowest BCUT2D eigenvalue weighted by atomic mass is 10.2. The third-order valence-electron chi connectivity index (χ3n) is 4.32. The number of hydrogen-bond donors (Lipinski definition) is 2. The van der Waals surface area contributed by atoms with E-state index in [1.165, 1.54) is 17.7 Å². The first kappa shape index (κ1) is 20.9. The van der Waals surface area contributed by atoms with Gasteiger partial charge in [-0.1, -0.05) is 29.8 Å². The summed E-state index contributed by atoms with van der Waals surface area (Å²) in [6, 6.07) is 20.2. The second kappa shape index (κ2) is 10.1. The number of hydrogen-bond acceptors (Lipinski definition) is 5. The van der Waals surface area contributed by atoms with Crippen molar-refractivity contribution in [2.45, 2.75) is 20.5 Å². The minimum Gasteiger partial charge on any atom is -0.490 e. The van der Waals surface area contributed by atoms with Crippen LogP contribution >= 0.6 is 0 Å². The third kappa shape index (κ3) is 5.85. The molecule has 0 fully saturated rings. The van der Waals surface area contributed by atoms with Gasteiger partial charge >= 0.3 is 5.97 Å². The summed E-state index contributed by atoms with van der Waals surface area (Å²) in [6.45, 7) is 4.96. The number of carbonyl (C=O) groups is 1. The summed E-state index contributed by atoms with van der Waals surface area (Å²) < 4.78 is 11.7. The molecule has 0 saturated heterocycles. The molecule has 3 aromatic carbocycles. The lowest BCUT2D eigenvalue weighted by molar-refractivity contribution is 0.0697. The second-order valence-corrected chi connectivity index (χ2v) is 6.67. The van der Waals surface area contributed by atoms with Crippen molar-refractivity contribution in [1.82, 2.24) is 0 Å². The number of benzene rings is 3. The van der Waals surface area contributed by atoms with Gasteiger partial charge in [0.2, 0.25) is 0 Å². The van der Waals surface area contributed by atoms with E-state index in [0.717, 1.165) is 11.1 Å². The highest BCUT2D eigenvalue weighted by Crippen LogP contribution is 2.29. The van der Waals surface area contributed by atoms with Crippen LogP contribution < -0.4 is 14.9 Å². The van der Waals surface area contributed by atoms with Crippen molar-refractivity contribution >= 4 is 17.9 Å². The van der Waals surface area contributed by atoms with Crippen molar-refractivity contribution in [2.24, 2.45) is 5.10 Å². The molecule has 3 rings (SSSR count). The van der Waals surface area contributed by atoms with Crippen LogP contribution in [0.15, 0.2) is 71.8 Å². The molecule has 2 N–H and O–H groups in total. The van der Waals surface area contributed by atoms with Crippen LogP contribution in [0.2, 0.25) is 0 Å². The Morgan fingerprint density at radius 1 is 1.00 bits per heavy atom. The van der Waals surface area contributed by atoms with Gasteiger partial charge in [0.1, 0.15) is 6.61 Å². The number of ether oxygens (including phenoxy) is 2. The Bertz CT molecular complexity index is 1010. The summed E-state index contributed by atoms with van der Waals surface area (Å²) in [5.74, 6) is 0.365. The van der Waals surface area contributed by atoms with Crippen LogP contribution in [0.4, 0.5) is 5.69 Å². The van der Waals surface area contributed by atoms with E-state index in [4.69, 9.17) is 14.6 Å². The number of aromatic carboxylic acids is 1. The highest BCUT2D eigenvalue weighted by atomic mass is 16.5. The normalized spacial score (nSPS) is 10.7. The van der Waals surface area contributed by atoms with Gasteiger partial charge in [-0.25, -0.2) is 4.79 Å². The van der Waals surface area contributed by atoms with Crippen LogP contribution in [-0.2, 0) is 6.61 Å². The second-order valence-electron chi connectivity index (χ2n) is 6.67. The number of rotatable bonds is 9. The molecule has 0 bridgehead atoms. The molecular formula is C24H24N2O4. The van der Waals surface area contributed by atoms with Crippen LogP contribution in [0, 0.1) is 6.92 Å². The SMILES string of the molecule is CCOc1cc(/C=N/Nc2ccc(C(=O)O)cc2)ccc1OCc1ccc(C)cc1. The molecule has 0 aromatic heterocycles. The molecule has 0 unspecified atom stereocenters. The zero-order chi connectivity index (χ0) is 21.3. The predicted octanol–water partition coefficient (Wildman–Crippen LogP) is 5.12. The van der Waals surface area contributed by atoms with E-state index in [1.54, 1.807) is 18.3 Å². The van der Waals surface area contributed by atoms with Gasteiger partial charge in [0.15, 0.2) is 11.5 Å². The Hall–Kier alpha value is -3.80. The van der Waals surface area contributed by atoms with E-state index in [2.05, 4.69) is 29.6 Å². The summed E-state index contributed by atoms with van der Waals surface area (Å²) in [6.07, 6.45) is 1.66. The predicted molar refractivity (Wildman–Crippen MR) is 118 cm³/mol. The Morgan fingerprint density at radius 3 is 2.40 bits per heavy atom. The standard InChI is InChI=1S/C24H24N2O4/c1-3-29-23-14-19(15-25-26-21-11-9-20(10-12-21)24(27)28)8-13-22(23)30-16-18-6-4-17(2)5-7-18/h4-15,26H,3,16H2,1-2H3,(H,27,28)/b25-15+. The van der Waals surface area contributed by atoms with Crippen molar-refractivity contribution in [1.29, 1.82) is 0 Å². The van der Waals surface area contributed by atoms with Crippen LogP contribution in [0.3, 0.4) is 0 Å². The summed E-state index contributed by atoms with van der Waals surface area (Å²) in [7, 11) is 0. The number of anilines is 1. The van der Waals surface area contributed by atoms with E-state index < -0.39 is 5.97 Å². The van der Waals surface area contributed by atoms with E-state index in [-0.39, 0.29) is 5.56 Å². The number of hydrazone groups is 1. The molecule has 154 valence electrons. The fourth-order valence-electron chi connectivity index (χ4n) is 2.71. The largest absolute Gasteiger partial charge is 0.490 e. The molecule has 0 aliphatic rings. The van der Waals surface area contributed by atoms with Gasteiger partial charge in [-0.2, -0.15) is 5.10 Å². The quantitative estimate of drug-likeness (QED) is 0.382.